The summed E-state index contributed by atoms with van der Waals surface area (Å²) in [5, 5.41) is 11.6. The van der Waals surface area contributed by atoms with E-state index in [2.05, 4.69) is 25.8 Å². The molecule has 0 amide bonds. The Morgan fingerprint density at radius 3 is 2.74 bits per heavy atom. The van der Waals surface area contributed by atoms with Crippen molar-refractivity contribution in [2.24, 2.45) is 5.92 Å². The maximum Gasteiger partial charge on any atom is 0.318 e. The number of ether oxygens (including phenoxy) is 2. The van der Waals surface area contributed by atoms with Crippen LogP contribution in [0.5, 0.6) is 11.8 Å². The second-order valence-electron chi connectivity index (χ2n) is 11.9. The van der Waals surface area contributed by atoms with Crippen LogP contribution in [0.2, 0.25) is 0 Å². The summed E-state index contributed by atoms with van der Waals surface area (Å²) in [7, 11) is 0. The molecule has 7 rings (SSSR count). The molecule has 9 heteroatoms. The first-order valence-corrected chi connectivity index (χ1v) is 14.6. The highest BCUT2D eigenvalue weighted by molar-refractivity contribution is 6.01. The number of nitrogens with zero attached hydrogens (tertiary/aromatic N) is 4. The molecule has 2 aromatic heterocycles. The van der Waals surface area contributed by atoms with Crippen LogP contribution in [-0.4, -0.2) is 62.9 Å². The number of phenolic OH excluding ortho intramolecular Hbond substituents is 1. The molecule has 2 atom stereocenters. The zero-order chi connectivity index (χ0) is 29.0. The van der Waals surface area contributed by atoms with Gasteiger partial charge in [-0.3, -0.25) is 4.90 Å². The van der Waals surface area contributed by atoms with Gasteiger partial charge in [-0.05, 0) is 87.6 Å². The van der Waals surface area contributed by atoms with Crippen molar-refractivity contribution in [1.82, 2.24) is 19.9 Å². The fourth-order valence-electron chi connectivity index (χ4n) is 6.80. The quantitative estimate of drug-likeness (QED) is 0.264. The smallest absolute Gasteiger partial charge is 0.318 e. The van der Waals surface area contributed by atoms with Gasteiger partial charge in [0, 0.05) is 29.0 Å². The first-order valence-electron chi connectivity index (χ1n) is 14.6. The highest BCUT2D eigenvalue weighted by Gasteiger charge is 2.50. The van der Waals surface area contributed by atoms with E-state index in [-0.39, 0.29) is 39.8 Å². The van der Waals surface area contributed by atoms with Crippen molar-refractivity contribution >= 4 is 21.8 Å². The number of phenols is 1. The minimum Gasteiger partial charge on any atom is -0.508 e. The molecule has 2 saturated heterocycles. The van der Waals surface area contributed by atoms with Gasteiger partial charge in [0.15, 0.2) is 5.65 Å². The number of fused-ring (bicyclic) bond motifs is 3. The number of aromatic hydroxyl groups is 1. The third kappa shape index (κ3) is 4.73. The van der Waals surface area contributed by atoms with Crippen molar-refractivity contribution < 1.29 is 23.4 Å². The van der Waals surface area contributed by atoms with Crippen LogP contribution in [0.3, 0.4) is 0 Å². The van der Waals surface area contributed by atoms with Crippen LogP contribution in [-0.2, 0) is 4.74 Å². The van der Waals surface area contributed by atoms with Gasteiger partial charge >= 0.3 is 6.01 Å². The number of benzene rings is 2. The molecule has 2 aromatic carbocycles. The van der Waals surface area contributed by atoms with Gasteiger partial charge in [0.2, 0.25) is 0 Å². The molecule has 1 N–H and O–H groups in total. The lowest BCUT2D eigenvalue weighted by molar-refractivity contribution is 0.0333. The topological polar surface area (TPSA) is 80.6 Å². The summed E-state index contributed by atoms with van der Waals surface area (Å²) < 4.78 is 42.5. The van der Waals surface area contributed by atoms with E-state index >= 15 is 4.39 Å². The van der Waals surface area contributed by atoms with Crippen molar-refractivity contribution in [2.75, 3.05) is 26.4 Å². The molecular weight excluding hydrogens is 538 g/mol. The Kier molecular flexibility index (Phi) is 6.71. The average molecular weight is 571 g/mol. The number of terminal acetylenes is 1. The second-order valence-corrected chi connectivity index (χ2v) is 11.9. The largest absolute Gasteiger partial charge is 0.508 e. The zero-order valence-electron chi connectivity index (χ0n) is 23.5. The van der Waals surface area contributed by atoms with E-state index in [9.17, 15) is 9.50 Å². The van der Waals surface area contributed by atoms with Crippen LogP contribution in [0.25, 0.3) is 33.1 Å². The van der Waals surface area contributed by atoms with E-state index in [4.69, 9.17) is 15.9 Å². The molecule has 7 nitrogen and oxygen atoms in total. The van der Waals surface area contributed by atoms with Gasteiger partial charge < -0.3 is 14.6 Å². The van der Waals surface area contributed by atoms with Crippen LogP contribution < -0.4 is 4.74 Å². The number of rotatable bonds is 8. The highest BCUT2D eigenvalue weighted by Crippen LogP contribution is 2.43. The van der Waals surface area contributed by atoms with Crippen LogP contribution >= 0.6 is 0 Å². The summed E-state index contributed by atoms with van der Waals surface area (Å²) in [6.07, 6.45) is 12.5. The third-order valence-electron chi connectivity index (χ3n) is 9.13. The monoisotopic (exact) mass is 570 g/mol. The molecule has 3 fully saturated rings. The van der Waals surface area contributed by atoms with Crippen molar-refractivity contribution in [3.8, 4) is 35.4 Å². The molecular formula is C33H32F2N4O3. The minimum absolute atomic E-state index is 0.0279. The van der Waals surface area contributed by atoms with Crippen LogP contribution in [0.4, 0.5) is 8.78 Å². The molecule has 4 heterocycles. The summed E-state index contributed by atoms with van der Waals surface area (Å²) in [6.45, 7) is 4.87. The number of hydrogen-bond donors (Lipinski definition) is 1. The van der Waals surface area contributed by atoms with Gasteiger partial charge in [0.25, 0.3) is 0 Å². The molecule has 42 heavy (non-hydrogen) atoms. The van der Waals surface area contributed by atoms with Gasteiger partial charge in [0.05, 0.1) is 23.4 Å². The fraction of sp³-hybridized carbons (Fsp3) is 0.424. The van der Waals surface area contributed by atoms with Gasteiger partial charge in [-0.15, -0.1) is 6.42 Å². The first-order chi connectivity index (χ1) is 20.3. The SMILES string of the molecule is C#Cc1c(F)ccc2cc(O)cc(-c3nc4nc(OCC56CCCN5C(COCC5CC5)CC6)nc(C)c4cc3F)c12. The van der Waals surface area contributed by atoms with Crippen molar-refractivity contribution in [3.05, 3.63) is 53.2 Å². The van der Waals surface area contributed by atoms with E-state index < -0.39 is 11.6 Å². The lowest BCUT2D eigenvalue weighted by Crippen LogP contribution is -2.48. The Balaban J connectivity index is 1.20. The van der Waals surface area contributed by atoms with Crippen LogP contribution in [0.15, 0.2) is 30.3 Å². The molecule has 4 aromatic rings. The summed E-state index contributed by atoms with van der Waals surface area (Å²) in [5.74, 6) is 1.71. The van der Waals surface area contributed by atoms with Gasteiger partial charge in [-0.1, -0.05) is 12.0 Å². The van der Waals surface area contributed by atoms with Crippen molar-refractivity contribution in [3.63, 3.8) is 0 Å². The first kappa shape index (κ1) is 27.0. The Bertz CT molecular complexity index is 1750. The molecule has 2 aliphatic heterocycles. The average Bonchev–Trinajstić information content (AvgIpc) is 3.60. The maximum atomic E-state index is 15.6. The van der Waals surface area contributed by atoms with E-state index in [0.717, 1.165) is 51.4 Å². The molecule has 0 bridgehead atoms. The minimum atomic E-state index is -0.664. The third-order valence-corrected chi connectivity index (χ3v) is 9.13. The van der Waals surface area contributed by atoms with Gasteiger partial charge in [-0.2, -0.15) is 9.97 Å². The lowest BCUT2D eigenvalue weighted by Gasteiger charge is -2.34. The highest BCUT2D eigenvalue weighted by atomic mass is 19.1. The van der Waals surface area contributed by atoms with Gasteiger partial charge in [-0.25, -0.2) is 13.8 Å². The summed E-state index contributed by atoms with van der Waals surface area (Å²) in [4.78, 5) is 16.2. The summed E-state index contributed by atoms with van der Waals surface area (Å²) >= 11 is 0. The number of pyridine rings is 1. The zero-order valence-corrected chi connectivity index (χ0v) is 23.5. The predicted octanol–water partition coefficient (Wildman–Crippen LogP) is 5.92. The maximum absolute atomic E-state index is 15.6. The van der Waals surface area contributed by atoms with Gasteiger partial charge in [0.1, 0.15) is 29.7 Å². The molecule has 0 radical (unpaired) electrons. The Morgan fingerprint density at radius 2 is 1.93 bits per heavy atom. The number of aryl methyl sites for hydroxylation is 1. The van der Waals surface area contributed by atoms with Crippen molar-refractivity contribution in [2.45, 2.75) is 57.0 Å². The van der Waals surface area contributed by atoms with E-state index in [0.29, 0.717) is 34.5 Å². The standard InChI is InChI=1S/C33H32F2N4O3/c1-3-24-27(34)8-7-21-13-23(40)14-26(29(21)24)30-28(35)15-25-19(2)36-32(38-31(25)37-30)42-18-33-10-4-12-39(33)22(9-11-33)17-41-16-20-5-6-20/h1,7-8,13-15,20,22,40H,4-6,9-12,16-18H2,2H3. The summed E-state index contributed by atoms with van der Waals surface area (Å²) in [6, 6.07) is 7.39. The lowest BCUT2D eigenvalue weighted by atomic mass is 9.95. The summed E-state index contributed by atoms with van der Waals surface area (Å²) in [5.41, 5.74) is 0.749. The Labute approximate surface area is 242 Å². The molecule has 216 valence electrons. The van der Waals surface area contributed by atoms with Crippen LogP contribution in [0, 0.1) is 36.8 Å². The molecule has 0 spiro atoms. The van der Waals surface area contributed by atoms with E-state index in [1.807, 2.05) is 0 Å². The van der Waals surface area contributed by atoms with E-state index in [1.165, 1.54) is 43.2 Å². The Hall–Kier alpha value is -3.87. The molecule has 1 aliphatic carbocycles. The van der Waals surface area contributed by atoms with E-state index in [1.54, 1.807) is 6.92 Å². The molecule has 3 aliphatic rings. The molecule has 1 saturated carbocycles. The molecule has 2 unspecified atom stereocenters. The predicted molar refractivity (Wildman–Crippen MR) is 155 cm³/mol. The number of aromatic nitrogens is 3. The normalized spacial score (nSPS) is 22.1. The second kappa shape index (κ2) is 10.4. The number of halogens is 2. The fourth-order valence-corrected chi connectivity index (χ4v) is 6.80. The van der Waals surface area contributed by atoms with Crippen molar-refractivity contribution in [1.29, 1.82) is 0 Å². The van der Waals surface area contributed by atoms with Crippen LogP contribution in [0.1, 0.15) is 49.8 Å². The Morgan fingerprint density at radius 1 is 1.07 bits per heavy atom. The number of hydrogen-bond acceptors (Lipinski definition) is 7.